The highest BCUT2D eigenvalue weighted by Gasteiger charge is 2.69. The summed E-state index contributed by atoms with van der Waals surface area (Å²) in [5.41, 5.74) is 1.42. The van der Waals surface area contributed by atoms with E-state index in [0.717, 1.165) is 27.5 Å². The molecular weight excluding hydrogens is 677 g/mol. The zero-order valence-corrected chi connectivity index (χ0v) is 32.7. The molecule has 0 amide bonds. The van der Waals surface area contributed by atoms with Crippen LogP contribution in [-0.2, 0) is 22.2 Å². The Morgan fingerprint density at radius 2 is 1.71 bits per heavy atom. The van der Waals surface area contributed by atoms with E-state index in [2.05, 4.69) is 25.9 Å². The lowest BCUT2D eigenvalue weighted by Gasteiger charge is -2.55. The van der Waals surface area contributed by atoms with E-state index in [4.69, 9.17) is 23.2 Å². The number of rotatable bonds is 8. The van der Waals surface area contributed by atoms with Gasteiger partial charge in [-0.25, -0.2) is 0 Å². The van der Waals surface area contributed by atoms with Gasteiger partial charge in [0.05, 0.1) is 20.3 Å². The van der Waals surface area contributed by atoms with E-state index < -0.39 is 43.4 Å². The van der Waals surface area contributed by atoms with E-state index in [1.54, 1.807) is 14.2 Å². The second kappa shape index (κ2) is 12.6. The molecule has 7 rings (SSSR count). The summed E-state index contributed by atoms with van der Waals surface area (Å²) in [6.45, 7) is 12.4. The van der Waals surface area contributed by atoms with Crippen molar-refractivity contribution in [2.45, 2.75) is 76.9 Å². The molecule has 0 bridgehead atoms. The van der Waals surface area contributed by atoms with E-state index in [9.17, 15) is 5.11 Å². The van der Waals surface area contributed by atoms with Crippen molar-refractivity contribution in [3.63, 3.8) is 0 Å². The summed E-state index contributed by atoms with van der Waals surface area (Å²) in [7, 11) is 4.19. The molecule has 0 spiro atoms. The standard InChI is InChI=1S/C41H48N2O8Si/c1-22-27-20-25(47-7)16-17-26(27)35(48-8)28-18-24-19-29-33(43(5)6)36-32(39(42-50-36)49-21-23-14-12-11-13-15-23)38(46)41(29,51-52(9,10)40(2,3)4)37(45)31(24)34(44)30(22)28/h11-17,20,24,29,33,44H,18-19,21H2,1-10H3/t24-,29-,33-,41-/m0/s1. The minimum absolute atomic E-state index is 0.0236. The third kappa shape index (κ3) is 5.22. The van der Waals surface area contributed by atoms with Gasteiger partial charge in [0.2, 0.25) is 11.6 Å². The molecular formula is C41H48N2O8Si. The molecule has 4 atom stereocenters. The van der Waals surface area contributed by atoms with Crippen molar-refractivity contribution >= 4 is 36.4 Å². The molecule has 52 heavy (non-hydrogen) atoms. The lowest BCUT2D eigenvalue weighted by atomic mass is 9.57. The predicted molar refractivity (Wildman–Crippen MR) is 201 cm³/mol. The lowest BCUT2D eigenvalue weighted by molar-refractivity contribution is -0.140. The predicted octanol–water partition coefficient (Wildman–Crippen LogP) is 8.02. The summed E-state index contributed by atoms with van der Waals surface area (Å²) in [5.74, 6) is -0.573. The van der Waals surface area contributed by atoms with Gasteiger partial charge >= 0.3 is 0 Å². The molecule has 0 saturated heterocycles. The molecule has 274 valence electrons. The van der Waals surface area contributed by atoms with Gasteiger partial charge in [0.1, 0.15) is 29.4 Å². The summed E-state index contributed by atoms with van der Waals surface area (Å²) in [5, 5.41) is 18.1. The maximum atomic E-state index is 15.7. The number of nitrogens with zero attached hydrogens (tertiary/aromatic N) is 2. The number of benzene rings is 3. The zero-order valence-electron chi connectivity index (χ0n) is 31.7. The Labute approximate surface area is 305 Å². The van der Waals surface area contributed by atoms with E-state index in [0.29, 0.717) is 35.7 Å². The smallest absolute Gasteiger partial charge is 0.265 e. The van der Waals surface area contributed by atoms with Gasteiger partial charge in [-0.05, 0) is 97.8 Å². The molecule has 0 unspecified atom stereocenters. The Morgan fingerprint density at radius 1 is 1.00 bits per heavy atom. The van der Waals surface area contributed by atoms with Gasteiger partial charge in [-0.3, -0.25) is 14.5 Å². The number of aryl methyl sites for hydroxylation is 1. The monoisotopic (exact) mass is 724 g/mol. The first-order chi connectivity index (χ1) is 24.6. The van der Waals surface area contributed by atoms with Gasteiger partial charge < -0.3 is 28.3 Å². The molecule has 4 aromatic rings. The van der Waals surface area contributed by atoms with E-state index in [1.807, 2.05) is 87.5 Å². The number of carbonyl (C=O) groups excluding carboxylic acids is 2. The maximum Gasteiger partial charge on any atom is 0.265 e. The third-order valence-electron chi connectivity index (χ3n) is 11.9. The number of aliphatic hydroxyl groups excluding tert-OH is 1. The van der Waals surface area contributed by atoms with Crippen LogP contribution in [0, 0.1) is 18.8 Å². The van der Waals surface area contributed by atoms with Crippen molar-refractivity contribution in [1.29, 1.82) is 0 Å². The third-order valence-corrected chi connectivity index (χ3v) is 16.4. The Balaban J connectivity index is 1.46. The Kier molecular flexibility index (Phi) is 8.70. The molecule has 3 aromatic carbocycles. The van der Waals surface area contributed by atoms with E-state index in [1.165, 1.54) is 0 Å². The first kappa shape index (κ1) is 35.9. The second-order valence-electron chi connectivity index (χ2n) is 16.1. The number of ketones is 2. The molecule has 1 saturated carbocycles. The number of carbonyl (C=O) groups is 2. The molecule has 1 aromatic heterocycles. The highest BCUT2D eigenvalue weighted by Crippen LogP contribution is 2.59. The fraction of sp³-hybridized carbons (Fsp3) is 0.439. The van der Waals surface area contributed by atoms with Crippen molar-refractivity contribution in [2.24, 2.45) is 11.8 Å². The number of ether oxygens (including phenoxy) is 3. The zero-order chi connectivity index (χ0) is 37.5. The topological polar surface area (TPSA) is 121 Å². The summed E-state index contributed by atoms with van der Waals surface area (Å²) in [6.07, 6.45) is 0.805. The SMILES string of the molecule is COc1ccc2c(OC)c3c(c(C)c2c1)C(O)=C1C(=O)[C@]2(O[Si](C)(C)C(C)(C)C)C(=O)c4c(OCc5ccccc5)noc4[C@@H](N(C)C)[C@@H]2C[C@@H]1C3. The quantitative estimate of drug-likeness (QED) is 0.141. The fourth-order valence-electron chi connectivity index (χ4n) is 8.39. The van der Waals surface area contributed by atoms with Crippen molar-refractivity contribution in [3.05, 3.63) is 87.7 Å². The Hall–Kier alpha value is -4.45. The van der Waals surface area contributed by atoms with Crippen LogP contribution >= 0.6 is 0 Å². The van der Waals surface area contributed by atoms with Crippen molar-refractivity contribution in [3.8, 4) is 17.4 Å². The highest BCUT2D eigenvalue weighted by atomic mass is 28.4. The normalized spacial score (nSPS) is 22.9. The van der Waals surface area contributed by atoms with Gasteiger partial charge in [0.15, 0.2) is 19.7 Å². The molecule has 1 N–H and O–H groups in total. The number of aromatic nitrogens is 1. The van der Waals surface area contributed by atoms with Crippen LogP contribution in [0.15, 0.2) is 58.6 Å². The van der Waals surface area contributed by atoms with Gasteiger partial charge in [-0.15, -0.1) is 0 Å². The number of methoxy groups -OCH3 is 2. The summed E-state index contributed by atoms with van der Waals surface area (Å²) in [4.78, 5) is 33.1. The summed E-state index contributed by atoms with van der Waals surface area (Å²) < 4.78 is 31.0. The minimum atomic E-state index is -2.86. The number of aliphatic hydroxyl groups is 1. The van der Waals surface area contributed by atoms with Gasteiger partial charge in [-0.1, -0.05) is 51.1 Å². The van der Waals surface area contributed by atoms with Crippen molar-refractivity contribution in [1.82, 2.24) is 10.1 Å². The molecule has 1 heterocycles. The Morgan fingerprint density at radius 3 is 2.35 bits per heavy atom. The lowest BCUT2D eigenvalue weighted by Crippen LogP contribution is -2.68. The maximum absolute atomic E-state index is 15.7. The summed E-state index contributed by atoms with van der Waals surface area (Å²) in [6, 6.07) is 14.8. The first-order valence-electron chi connectivity index (χ1n) is 17.8. The fourth-order valence-corrected chi connectivity index (χ4v) is 9.84. The average molecular weight is 725 g/mol. The molecule has 3 aliphatic rings. The first-order valence-corrected chi connectivity index (χ1v) is 20.7. The van der Waals surface area contributed by atoms with Gasteiger partial charge in [0, 0.05) is 28.0 Å². The molecule has 0 radical (unpaired) electrons. The van der Waals surface area contributed by atoms with Crippen LogP contribution in [0.5, 0.6) is 17.4 Å². The molecule has 10 nitrogen and oxygen atoms in total. The van der Waals surface area contributed by atoms with Crippen LogP contribution in [-0.4, -0.2) is 69.0 Å². The van der Waals surface area contributed by atoms with Crippen LogP contribution in [0.2, 0.25) is 18.1 Å². The molecule has 1 fully saturated rings. The minimum Gasteiger partial charge on any atom is -0.507 e. The largest absolute Gasteiger partial charge is 0.507 e. The molecule has 11 heteroatoms. The number of hydrogen-bond donors (Lipinski definition) is 1. The summed E-state index contributed by atoms with van der Waals surface area (Å²) >= 11 is 0. The molecule has 0 aliphatic heterocycles. The van der Waals surface area contributed by atoms with Crippen LogP contribution in [0.4, 0.5) is 0 Å². The van der Waals surface area contributed by atoms with Crippen LogP contribution in [0.25, 0.3) is 16.5 Å². The average Bonchev–Trinajstić information content (AvgIpc) is 3.51. The number of fused-ring (bicyclic) bond motifs is 5. The second-order valence-corrected chi connectivity index (χ2v) is 20.8. The van der Waals surface area contributed by atoms with Crippen LogP contribution < -0.4 is 14.2 Å². The van der Waals surface area contributed by atoms with Crippen molar-refractivity contribution in [2.75, 3.05) is 28.3 Å². The van der Waals surface area contributed by atoms with E-state index >= 15 is 9.59 Å². The van der Waals surface area contributed by atoms with E-state index in [-0.39, 0.29) is 34.4 Å². The van der Waals surface area contributed by atoms with Gasteiger partial charge in [-0.2, -0.15) is 0 Å². The van der Waals surface area contributed by atoms with Gasteiger partial charge in [0.25, 0.3) is 5.88 Å². The highest BCUT2D eigenvalue weighted by molar-refractivity contribution is 6.74. The number of Topliss-reactive ketones (excluding diaryl/α,β-unsaturated/α-hetero) is 2. The van der Waals surface area contributed by atoms with Crippen molar-refractivity contribution < 1.29 is 37.9 Å². The Bertz CT molecular complexity index is 2130. The van der Waals surface area contributed by atoms with Crippen LogP contribution in [0.1, 0.15) is 71.6 Å². The van der Waals surface area contributed by atoms with Crippen LogP contribution in [0.3, 0.4) is 0 Å². The molecule has 3 aliphatic carbocycles. The number of hydrogen-bond acceptors (Lipinski definition) is 10.